The first-order chi connectivity index (χ1) is 16.1. The average molecular weight is 508 g/mol. The van der Waals surface area contributed by atoms with Crippen molar-refractivity contribution in [3.05, 3.63) is 51.8 Å². The molecule has 0 atom stereocenters. The monoisotopic (exact) mass is 507 g/mol. The Kier molecular flexibility index (Phi) is 5.70. The molecule has 0 unspecified atom stereocenters. The van der Waals surface area contributed by atoms with Crippen LogP contribution in [0.3, 0.4) is 0 Å². The van der Waals surface area contributed by atoms with E-state index >= 15 is 0 Å². The number of aryl methyl sites for hydroxylation is 1. The molecule has 1 aromatic heterocycles. The molecule has 2 aromatic rings. The Bertz CT molecular complexity index is 1250. The summed E-state index contributed by atoms with van der Waals surface area (Å²) in [5.74, 6) is -0.691. The third-order valence-electron chi connectivity index (χ3n) is 6.85. The summed E-state index contributed by atoms with van der Waals surface area (Å²) in [5.41, 5.74) is 1.99. The number of hydrogen-bond donors (Lipinski definition) is 2. The van der Waals surface area contributed by atoms with Crippen LogP contribution in [0.15, 0.2) is 24.3 Å². The standard InChI is InChI=1S/C22H26ClN5O5S/c1-26-19-17(18(25-26)20(30)24-10-14-2-4-15(23)5-3-14)6-9-27(21(19)31)13-22(7-8-22)34(32,33)28-11-16(29)12-28/h2-5,16,29H,6-13H2,1H3,(H,24,30). The molecule has 0 bridgehead atoms. The Balaban J connectivity index is 1.30. The van der Waals surface area contributed by atoms with E-state index in [1.165, 1.54) is 8.99 Å². The van der Waals surface area contributed by atoms with Gasteiger partial charge in [0.2, 0.25) is 10.0 Å². The molecule has 5 rings (SSSR count). The van der Waals surface area contributed by atoms with Crippen molar-refractivity contribution in [2.75, 3.05) is 26.2 Å². The molecule has 1 aromatic carbocycles. The van der Waals surface area contributed by atoms with Gasteiger partial charge in [0, 0.05) is 50.4 Å². The van der Waals surface area contributed by atoms with Crippen molar-refractivity contribution in [1.82, 2.24) is 24.3 Å². The van der Waals surface area contributed by atoms with Gasteiger partial charge in [-0.3, -0.25) is 14.3 Å². The highest BCUT2D eigenvalue weighted by molar-refractivity contribution is 7.90. The van der Waals surface area contributed by atoms with Crippen molar-refractivity contribution in [3.63, 3.8) is 0 Å². The Hall–Kier alpha value is -2.47. The van der Waals surface area contributed by atoms with Crippen LogP contribution in [0.2, 0.25) is 5.02 Å². The smallest absolute Gasteiger partial charge is 0.272 e. The Morgan fingerprint density at radius 3 is 2.56 bits per heavy atom. The zero-order chi connectivity index (χ0) is 24.3. The number of β-amino-alcohol motifs (C(OH)–C–C–N with tert-alkyl or cyclic N) is 1. The van der Waals surface area contributed by atoms with Crippen LogP contribution >= 0.6 is 11.6 Å². The van der Waals surface area contributed by atoms with E-state index in [1.54, 1.807) is 24.1 Å². The van der Waals surface area contributed by atoms with E-state index in [4.69, 9.17) is 11.6 Å². The maximum atomic E-state index is 13.3. The predicted molar refractivity (Wildman–Crippen MR) is 124 cm³/mol. The summed E-state index contributed by atoms with van der Waals surface area (Å²) in [7, 11) is -1.98. The molecule has 182 valence electrons. The van der Waals surface area contributed by atoms with Gasteiger partial charge in [-0.05, 0) is 37.0 Å². The maximum absolute atomic E-state index is 13.3. The number of rotatable bonds is 7. The number of benzene rings is 1. The quantitative estimate of drug-likeness (QED) is 0.563. The Labute approximate surface area is 202 Å². The number of fused-ring (bicyclic) bond motifs is 1. The number of aromatic nitrogens is 2. The number of sulfonamides is 1. The highest BCUT2D eigenvalue weighted by Gasteiger charge is 2.60. The Morgan fingerprint density at radius 2 is 1.94 bits per heavy atom. The molecule has 1 saturated heterocycles. The number of hydrogen-bond acceptors (Lipinski definition) is 6. The van der Waals surface area contributed by atoms with E-state index in [-0.39, 0.29) is 37.1 Å². The van der Waals surface area contributed by atoms with Crippen LogP contribution in [0.25, 0.3) is 0 Å². The van der Waals surface area contributed by atoms with Gasteiger partial charge < -0.3 is 15.3 Å². The summed E-state index contributed by atoms with van der Waals surface area (Å²) >= 11 is 5.90. The predicted octanol–water partition coefficient (Wildman–Crippen LogP) is 0.541. The number of carbonyl (C=O) groups is 2. The molecule has 0 radical (unpaired) electrons. The zero-order valence-electron chi connectivity index (χ0n) is 18.7. The normalized spacial score (nSPS) is 20.1. The average Bonchev–Trinajstić information content (AvgIpc) is 3.49. The molecule has 34 heavy (non-hydrogen) atoms. The van der Waals surface area contributed by atoms with Crippen LogP contribution in [0.4, 0.5) is 0 Å². The molecule has 0 spiro atoms. The van der Waals surface area contributed by atoms with Gasteiger partial charge >= 0.3 is 0 Å². The second-order valence-corrected chi connectivity index (χ2v) is 12.0. The number of nitrogens with zero attached hydrogens (tertiary/aromatic N) is 4. The van der Waals surface area contributed by atoms with Crippen molar-refractivity contribution in [2.24, 2.45) is 7.05 Å². The van der Waals surface area contributed by atoms with Crippen LogP contribution in [0.1, 0.15) is 44.9 Å². The molecule has 1 aliphatic carbocycles. The first-order valence-electron chi connectivity index (χ1n) is 11.2. The zero-order valence-corrected chi connectivity index (χ0v) is 20.3. The maximum Gasteiger partial charge on any atom is 0.272 e. The number of nitrogens with one attached hydrogen (secondary N) is 1. The lowest BCUT2D eigenvalue weighted by atomic mass is 10.0. The van der Waals surface area contributed by atoms with Gasteiger partial charge in [-0.15, -0.1) is 0 Å². The summed E-state index contributed by atoms with van der Waals surface area (Å²) in [6.07, 6.45) is 0.769. The number of carbonyl (C=O) groups excluding carboxylic acids is 2. The molecule has 10 nitrogen and oxygen atoms in total. The fourth-order valence-corrected chi connectivity index (χ4v) is 6.99. The van der Waals surface area contributed by atoms with Gasteiger partial charge in [-0.25, -0.2) is 8.42 Å². The number of aliphatic hydroxyl groups excluding tert-OH is 1. The first kappa shape index (κ1) is 23.3. The van der Waals surface area contributed by atoms with Crippen LogP contribution < -0.4 is 5.32 Å². The van der Waals surface area contributed by atoms with Crippen molar-refractivity contribution in [3.8, 4) is 0 Å². The van der Waals surface area contributed by atoms with E-state index in [0.717, 1.165) is 5.56 Å². The molecule has 12 heteroatoms. The van der Waals surface area contributed by atoms with Crippen LogP contribution in [-0.4, -0.2) is 81.4 Å². The summed E-state index contributed by atoms with van der Waals surface area (Å²) in [6.45, 7) is 0.933. The third-order valence-corrected chi connectivity index (χ3v) is 9.71. The molecule has 2 aliphatic heterocycles. The highest BCUT2D eigenvalue weighted by atomic mass is 35.5. The van der Waals surface area contributed by atoms with Gasteiger partial charge in [0.1, 0.15) is 10.4 Å². The molecule has 3 aliphatic rings. The summed E-state index contributed by atoms with van der Waals surface area (Å²) in [6, 6.07) is 7.13. The number of amides is 2. The van der Waals surface area contributed by atoms with Crippen molar-refractivity contribution in [1.29, 1.82) is 0 Å². The lowest BCUT2D eigenvalue weighted by Gasteiger charge is -2.39. The largest absolute Gasteiger partial charge is 0.390 e. The number of aliphatic hydroxyl groups is 1. The third kappa shape index (κ3) is 3.90. The summed E-state index contributed by atoms with van der Waals surface area (Å²) in [4.78, 5) is 27.7. The minimum Gasteiger partial charge on any atom is -0.390 e. The molecular formula is C22H26ClN5O5S. The van der Waals surface area contributed by atoms with Crippen molar-refractivity contribution in [2.45, 2.75) is 36.7 Å². The van der Waals surface area contributed by atoms with E-state index in [9.17, 15) is 23.1 Å². The lowest BCUT2D eigenvalue weighted by molar-refractivity contribution is 0.0529. The SMILES string of the molecule is Cn1nc(C(=O)NCc2ccc(Cl)cc2)c2c1C(=O)N(CC1(S(=O)(=O)N3CC(O)C3)CC1)CC2. The van der Waals surface area contributed by atoms with Crippen molar-refractivity contribution >= 4 is 33.4 Å². The minimum absolute atomic E-state index is 0.101. The second-order valence-electron chi connectivity index (χ2n) is 9.24. The Morgan fingerprint density at radius 1 is 1.26 bits per heavy atom. The number of halogens is 1. The van der Waals surface area contributed by atoms with Crippen LogP contribution in [-0.2, 0) is 30.0 Å². The fraction of sp³-hybridized carbons (Fsp3) is 0.500. The van der Waals surface area contributed by atoms with Gasteiger partial charge in [-0.2, -0.15) is 9.40 Å². The van der Waals surface area contributed by atoms with E-state index in [0.29, 0.717) is 48.6 Å². The van der Waals surface area contributed by atoms with Crippen molar-refractivity contribution < 1.29 is 23.1 Å². The van der Waals surface area contributed by atoms with Crippen LogP contribution in [0, 0.1) is 0 Å². The lowest BCUT2D eigenvalue weighted by Crippen LogP contribution is -2.58. The van der Waals surface area contributed by atoms with E-state index in [1.807, 2.05) is 12.1 Å². The van der Waals surface area contributed by atoms with Gasteiger partial charge in [0.25, 0.3) is 11.8 Å². The van der Waals surface area contributed by atoms with E-state index < -0.39 is 20.9 Å². The van der Waals surface area contributed by atoms with Crippen LogP contribution in [0.5, 0.6) is 0 Å². The van der Waals surface area contributed by atoms with Gasteiger partial charge in [0.05, 0.1) is 6.10 Å². The first-order valence-corrected chi connectivity index (χ1v) is 13.0. The van der Waals surface area contributed by atoms with Gasteiger partial charge in [0.15, 0.2) is 5.69 Å². The molecule has 2 amide bonds. The van der Waals surface area contributed by atoms with E-state index in [2.05, 4.69) is 10.4 Å². The molecular weight excluding hydrogens is 482 g/mol. The topological polar surface area (TPSA) is 125 Å². The summed E-state index contributed by atoms with van der Waals surface area (Å²) in [5, 5.41) is 17.3. The summed E-state index contributed by atoms with van der Waals surface area (Å²) < 4.78 is 27.8. The van der Waals surface area contributed by atoms with Gasteiger partial charge in [-0.1, -0.05) is 23.7 Å². The fourth-order valence-electron chi connectivity index (χ4n) is 4.64. The highest BCUT2D eigenvalue weighted by Crippen LogP contribution is 2.47. The molecule has 2 N–H and O–H groups in total. The molecule has 1 saturated carbocycles. The second kappa shape index (κ2) is 8.33. The minimum atomic E-state index is -3.59. The molecule has 3 heterocycles. The molecule has 2 fully saturated rings.